The van der Waals surface area contributed by atoms with E-state index in [9.17, 15) is 4.79 Å². The van der Waals surface area contributed by atoms with Gasteiger partial charge < -0.3 is 5.32 Å². The van der Waals surface area contributed by atoms with Crippen molar-refractivity contribution in [3.8, 4) is 0 Å². The highest BCUT2D eigenvalue weighted by Gasteiger charge is 2.15. The molecule has 4 heteroatoms. The monoisotopic (exact) mass is 321 g/mol. The third-order valence-corrected chi connectivity index (χ3v) is 4.35. The Hall–Kier alpha value is -2.46. The van der Waals surface area contributed by atoms with E-state index in [1.54, 1.807) is 0 Å². The number of hydrogen-bond donors (Lipinski definition) is 1. The smallest absolute Gasteiger partial charge is 0.252 e. The molecule has 1 aliphatic heterocycles. The van der Waals surface area contributed by atoms with Crippen LogP contribution in [0, 0.1) is 13.8 Å². The number of hydrogen-bond acceptors (Lipinski definition) is 3. The summed E-state index contributed by atoms with van der Waals surface area (Å²) in [7, 11) is 0. The predicted molar refractivity (Wildman–Crippen MR) is 96.7 cm³/mol. The molecule has 0 spiro atoms. The Balaban J connectivity index is 1.56. The molecule has 0 bridgehead atoms. The van der Waals surface area contributed by atoms with E-state index in [4.69, 9.17) is 0 Å². The van der Waals surface area contributed by atoms with E-state index in [0.29, 0.717) is 12.2 Å². The first-order chi connectivity index (χ1) is 11.6. The van der Waals surface area contributed by atoms with Crippen LogP contribution in [0.4, 0.5) is 0 Å². The lowest BCUT2D eigenvalue weighted by atomic mass is 10.0. The molecule has 3 rings (SSSR count). The summed E-state index contributed by atoms with van der Waals surface area (Å²) in [4.78, 5) is 18.9. The molecule has 1 aromatic carbocycles. The molecule has 2 aromatic rings. The fraction of sp³-hybridized carbons (Fsp3) is 0.300. The number of aryl methyl sites for hydroxylation is 2. The maximum absolute atomic E-state index is 12.2. The van der Waals surface area contributed by atoms with Gasteiger partial charge in [0, 0.05) is 24.8 Å². The van der Waals surface area contributed by atoms with E-state index in [1.165, 1.54) is 11.1 Å². The van der Waals surface area contributed by atoms with Crippen LogP contribution in [0.5, 0.6) is 0 Å². The van der Waals surface area contributed by atoms with E-state index in [0.717, 1.165) is 30.8 Å². The topological polar surface area (TPSA) is 45.2 Å². The van der Waals surface area contributed by atoms with Gasteiger partial charge in [0.2, 0.25) is 0 Å². The van der Waals surface area contributed by atoms with Gasteiger partial charge in [0.1, 0.15) is 0 Å². The minimum Gasteiger partial charge on any atom is -0.339 e. The predicted octanol–water partition coefficient (Wildman–Crippen LogP) is 3.18. The van der Waals surface area contributed by atoms with Crippen LogP contribution >= 0.6 is 0 Å². The van der Waals surface area contributed by atoms with Crippen LogP contribution < -0.4 is 5.32 Å². The van der Waals surface area contributed by atoms with Gasteiger partial charge in [-0.25, -0.2) is 0 Å². The molecule has 0 saturated carbocycles. The highest BCUT2D eigenvalue weighted by molar-refractivity contribution is 5.94. The van der Waals surface area contributed by atoms with Crippen molar-refractivity contribution in [3.63, 3.8) is 0 Å². The number of amides is 1. The first kappa shape index (κ1) is 16.4. The van der Waals surface area contributed by atoms with Gasteiger partial charge in [-0.05, 0) is 49.6 Å². The number of carbonyl (C=O) groups excluding carboxylic acids is 1. The number of pyridine rings is 1. The summed E-state index contributed by atoms with van der Waals surface area (Å²) in [6, 6.07) is 11.7. The summed E-state index contributed by atoms with van der Waals surface area (Å²) in [6.07, 6.45) is 5.02. The molecule has 1 N–H and O–H groups in total. The highest BCUT2D eigenvalue weighted by atomic mass is 16.1. The first-order valence-corrected chi connectivity index (χ1v) is 8.32. The third kappa shape index (κ3) is 3.89. The van der Waals surface area contributed by atoms with Gasteiger partial charge in [0.25, 0.3) is 5.91 Å². The van der Waals surface area contributed by atoms with Crippen molar-refractivity contribution < 1.29 is 4.79 Å². The molecule has 2 heterocycles. The van der Waals surface area contributed by atoms with Gasteiger partial charge in [-0.2, -0.15) is 0 Å². The Morgan fingerprint density at radius 1 is 1.25 bits per heavy atom. The quantitative estimate of drug-likeness (QED) is 0.941. The molecular weight excluding hydrogens is 298 g/mol. The van der Waals surface area contributed by atoms with E-state index < -0.39 is 0 Å². The van der Waals surface area contributed by atoms with Crippen LogP contribution in [0.25, 0.3) is 5.57 Å². The van der Waals surface area contributed by atoms with Crippen LogP contribution in [-0.4, -0.2) is 35.5 Å². The SMILES string of the molecule is Cc1cccc(C(=O)NCN2CC=C(c3ncccc3C)CC2)c1. The van der Waals surface area contributed by atoms with Gasteiger partial charge in [-0.15, -0.1) is 0 Å². The average molecular weight is 321 g/mol. The normalized spacial score (nSPS) is 15.0. The van der Waals surface area contributed by atoms with Crippen molar-refractivity contribution in [2.45, 2.75) is 20.3 Å². The molecule has 1 amide bonds. The molecule has 24 heavy (non-hydrogen) atoms. The number of nitrogens with zero attached hydrogens (tertiary/aromatic N) is 2. The largest absolute Gasteiger partial charge is 0.339 e. The molecule has 0 aliphatic carbocycles. The Morgan fingerprint density at radius 3 is 2.83 bits per heavy atom. The Bertz CT molecular complexity index is 767. The second kappa shape index (κ2) is 7.41. The van der Waals surface area contributed by atoms with Gasteiger partial charge >= 0.3 is 0 Å². The lowest BCUT2D eigenvalue weighted by Gasteiger charge is -2.26. The van der Waals surface area contributed by atoms with Crippen LogP contribution in [0.15, 0.2) is 48.7 Å². The summed E-state index contributed by atoms with van der Waals surface area (Å²) in [6.45, 7) is 6.41. The number of benzene rings is 1. The minimum atomic E-state index is -0.0194. The van der Waals surface area contributed by atoms with Crippen molar-refractivity contribution in [3.05, 3.63) is 71.1 Å². The molecule has 124 valence electrons. The summed E-state index contributed by atoms with van der Waals surface area (Å²) < 4.78 is 0. The molecular formula is C20H23N3O. The van der Waals surface area contributed by atoms with E-state index in [2.05, 4.69) is 34.3 Å². The maximum Gasteiger partial charge on any atom is 0.252 e. The first-order valence-electron chi connectivity index (χ1n) is 8.32. The van der Waals surface area contributed by atoms with Crippen LogP contribution in [-0.2, 0) is 0 Å². The maximum atomic E-state index is 12.2. The molecule has 1 aliphatic rings. The number of carbonyl (C=O) groups is 1. The summed E-state index contributed by atoms with van der Waals surface area (Å²) >= 11 is 0. The van der Waals surface area contributed by atoms with Gasteiger partial charge in [-0.3, -0.25) is 14.7 Å². The third-order valence-electron chi connectivity index (χ3n) is 4.35. The number of aromatic nitrogens is 1. The van der Waals surface area contributed by atoms with Crippen molar-refractivity contribution in [1.82, 2.24) is 15.2 Å². The number of nitrogens with one attached hydrogen (secondary N) is 1. The zero-order chi connectivity index (χ0) is 16.9. The van der Waals surface area contributed by atoms with E-state index in [1.807, 2.05) is 43.5 Å². The van der Waals surface area contributed by atoms with Crippen molar-refractivity contribution in [2.24, 2.45) is 0 Å². The standard InChI is InChI=1S/C20H23N3O/c1-15-5-3-7-18(13-15)20(24)22-14-23-11-8-17(9-12-23)19-16(2)6-4-10-21-19/h3-8,10,13H,9,11-12,14H2,1-2H3,(H,22,24). The molecule has 4 nitrogen and oxygen atoms in total. The Labute approximate surface area is 143 Å². The van der Waals surface area contributed by atoms with Crippen LogP contribution in [0.3, 0.4) is 0 Å². The molecule has 1 aromatic heterocycles. The lowest BCUT2D eigenvalue weighted by molar-refractivity contribution is 0.0926. The Kier molecular flexibility index (Phi) is 5.06. The summed E-state index contributed by atoms with van der Waals surface area (Å²) in [5.41, 5.74) is 5.42. The average Bonchev–Trinajstić information content (AvgIpc) is 2.61. The number of rotatable bonds is 4. The van der Waals surface area contributed by atoms with Crippen molar-refractivity contribution in [1.29, 1.82) is 0 Å². The highest BCUT2D eigenvalue weighted by Crippen LogP contribution is 2.22. The fourth-order valence-corrected chi connectivity index (χ4v) is 2.96. The zero-order valence-electron chi connectivity index (χ0n) is 14.2. The fourth-order valence-electron chi connectivity index (χ4n) is 2.96. The second-order valence-corrected chi connectivity index (χ2v) is 6.26. The molecule has 0 fully saturated rings. The summed E-state index contributed by atoms with van der Waals surface area (Å²) in [5, 5.41) is 3.00. The lowest BCUT2D eigenvalue weighted by Crippen LogP contribution is -2.39. The van der Waals surface area contributed by atoms with Gasteiger partial charge in [-0.1, -0.05) is 29.8 Å². The molecule has 0 unspecified atom stereocenters. The molecule has 0 atom stereocenters. The zero-order valence-corrected chi connectivity index (χ0v) is 14.2. The van der Waals surface area contributed by atoms with Crippen molar-refractivity contribution in [2.75, 3.05) is 19.8 Å². The Morgan fingerprint density at radius 2 is 2.12 bits per heavy atom. The minimum absolute atomic E-state index is 0.0194. The second-order valence-electron chi connectivity index (χ2n) is 6.26. The van der Waals surface area contributed by atoms with E-state index in [-0.39, 0.29) is 5.91 Å². The van der Waals surface area contributed by atoms with Gasteiger partial charge in [0.15, 0.2) is 0 Å². The van der Waals surface area contributed by atoms with Crippen LogP contribution in [0.2, 0.25) is 0 Å². The van der Waals surface area contributed by atoms with Crippen LogP contribution in [0.1, 0.15) is 33.6 Å². The summed E-state index contributed by atoms with van der Waals surface area (Å²) in [5.74, 6) is -0.0194. The molecule has 0 radical (unpaired) electrons. The van der Waals surface area contributed by atoms with E-state index >= 15 is 0 Å². The van der Waals surface area contributed by atoms with Gasteiger partial charge in [0.05, 0.1) is 12.4 Å². The molecule has 0 saturated heterocycles. The van der Waals surface area contributed by atoms with Crippen molar-refractivity contribution >= 4 is 11.5 Å².